The first-order valence-electron chi connectivity index (χ1n) is 6.74. The largest absolute Gasteiger partial charge is 0.303 e. The lowest BCUT2D eigenvalue weighted by Gasteiger charge is -2.19. The van der Waals surface area contributed by atoms with Crippen LogP contribution in [0.2, 0.25) is 0 Å². The Morgan fingerprint density at radius 1 is 1.26 bits per heavy atom. The number of rotatable bonds is 8. The number of nitriles is 1. The second kappa shape index (κ2) is 8.98. The fourth-order valence-electron chi connectivity index (χ4n) is 1.94. The van der Waals surface area contributed by atoms with Crippen LogP contribution in [-0.2, 0) is 0 Å². The van der Waals surface area contributed by atoms with Crippen LogP contribution in [-0.4, -0.2) is 37.3 Å². The lowest BCUT2D eigenvalue weighted by atomic mass is 10.1. The monoisotopic (exact) mass is 277 g/mol. The predicted octanol–water partition coefficient (Wildman–Crippen LogP) is 2.90. The van der Waals surface area contributed by atoms with Crippen LogP contribution in [0.1, 0.15) is 25.5 Å². The van der Waals surface area contributed by atoms with Crippen LogP contribution in [0.15, 0.2) is 29.2 Å². The van der Waals surface area contributed by atoms with Crippen molar-refractivity contribution in [2.75, 3.05) is 32.4 Å². The maximum atomic E-state index is 9.25. The molecule has 0 saturated carbocycles. The summed E-state index contributed by atoms with van der Waals surface area (Å²) in [5.41, 5.74) is 1.04. The molecule has 1 aromatic carbocycles. The number of nitrogens with zero attached hydrogens (tertiary/aromatic N) is 2. The fraction of sp³-hybridized carbons (Fsp3) is 0.533. The Morgan fingerprint density at radius 3 is 2.37 bits per heavy atom. The first kappa shape index (κ1) is 16.0. The van der Waals surface area contributed by atoms with E-state index in [9.17, 15) is 5.26 Å². The molecule has 1 N–H and O–H groups in total. The highest BCUT2D eigenvalue weighted by Crippen LogP contribution is 2.18. The summed E-state index contributed by atoms with van der Waals surface area (Å²) in [6.45, 7) is 8.24. The van der Waals surface area contributed by atoms with Crippen molar-refractivity contribution in [3.05, 3.63) is 29.8 Å². The molecule has 0 aliphatic carbocycles. The second-order valence-corrected chi connectivity index (χ2v) is 5.20. The minimum absolute atomic E-state index is 0.216. The average Bonchev–Trinajstić information content (AvgIpc) is 2.48. The summed E-state index contributed by atoms with van der Waals surface area (Å²) in [5.74, 6) is 0. The van der Waals surface area contributed by atoms with Crippen molar-refractivity contribution < 1.29 is 0 Å². The molecule has 0 saturated heterocycles. The summed E-state index contributed by atoms with van der Waals surface area (Å²) < 4.78 is 0. The van der Waals surface area contributed by atoms with E-state index in [2.05, 4.69) is 48.5 Å². The average molecular weight is 277 g/mol. The minimum Gasteiger partial charge on any atom is -0.303 e. The molecule has 0 heterocycles. The molecule has 4 heteroatoms. The Bertz CT molecular complexity index is 393. The Labute approximate surface area is 121 Å². The Hall–Kier alpha value is -1.02. The molecule has 104 valence electrons. The third kappa shape index (κ3) is 5.23. The van der Waals surface area contributed by atoms with Gasteiger partial charge in [0.25, 0.3) is 0 Å². The number of hydrogen-bond acceptors (Lipinski definition) is 4. The predicted molar refractivity (Wildman–Crippen MR) is 82.4 cm³/mol. The summed E-state index contributed by atoms with van der Waals surface area (Å²) in [6, 6.07) is 10.3. The van der Waals surface area contributed by atoms with Crippen molar-refractivity contribution >= 4 is 11.8 Å². The van der Waals surface area contributed by atoms with Crippen LogP contribution < -0.4 is 5.32 Å². The zero-order valence-corrected chi connectivity index (χ0v) is 12.8. The zero-order valence-electron chi connectivity index (χ0n) is 12.0. The summed E-state index contributed by atoms with van der Waals surface area (Å²) in [4.78, 5) is 3.57. The first-order valence-corrected chi connectivity index (χ1v) is 7.96. The molecule has 3 nitrogen and oxygen atoms in total. The Balaban J connectivity index is 2.51. The van der Waals surface area contributed by atoms with Crippen LogP contribution in [0.25, 0.3) is 0 Å². The zero-order chi connectivity index (χ0) is 14.1. The van der Waals surface area contributed by atoms with Gasteiger partial charge in [0, 0.05) is 18.0 Å². The second-order valence-electron chi connectivity index (χ2n) is 4.32. The van der Waals surface area contributed by atoms with E-state index in [4.69, 9.17) is 0 Å². The number of thioether (sulfide) groups is 1. The molecule has 1 aromatic rings. The van der Waals surface area contributed by atoms with Gasteiger partial charge in [0.15, 0.2) is 0 Å². The molecule has 0 spiro atoms. The van der Waals surface area contributed by atoms with Crippen LogP contribution >= 0.6 is 11.8 Å². The smallest absolute Gasteiger partial charge is 0.121 e. The molecule has 1 rings (SSSR count). The molecule has 0 bridgehead atoms. The molecule has 0 fully saturated rings. The van der Waals surface area contributed by atoms with Gasteiger partial charge in [-0.25, -0.2) is 0 Å². The van der Waals surface area contributed by atoms with E-state index >= 15 is 0 Å². The van der Waals surface area contributed by atoms with E-state index in [-0.39, 0.29) is 6.04 Å². The molecule has 0 aromatic heterocycles. The summed E-state index contributed by atoms with van der Waals surface area (Å²) >= 11 is 1.71. The molecule has 0 aliphatic rings. The third-order valence-electron chi connectivity index (χ3n) is 3.25. The van der Waals surface area contributed by atoms with Gasteiger partial charge in [0.2, 0.25) is 0 Å². The SMILES string of the molecule is CCN(CC)CCNC(C#N)c1ccc(SC)cc1. The van der Waals surface area contributed by atoms with Crippen LogP contribution in [0.3, 0.4) is 0 Å². The first-order chi connectivity index (χ1) is 9.24. The maximum Gasteiger partial charge on any atom is 0.121 e. The van der Waals surface area contributed by atoms with E-state index in [1.54, 1.807) is 11.8 Å². The summed E-state index contributed by atoms with van der Waals surface area (Å²) in [5, 5.41) is 12.6. The molecule has 19 heavy (non-hydrogen) atoms. The van der Waals surface area contributed by atoms with E-state index in [0.29, 0.717) is 0 Å². The Kier molecular flexibility index (Phi) is 7.57. The normalized spacial score (nSPS) is 12.4. The van der Waals surface area contributed by atoms with Crippen molar-refractivity contribution in [3.8, 4) is 6.07 Å². The summed E-state index contributed by atoms with van der Waals surface area (Å²) in [7, 11) is 0. The molecular weight excluding hydrogens is 254 g/mol. The number of hydrogen-bond donors (Lipinski definition) is 1. The van der Waals surface area contributed by atoms with Gasteiger partial charge in [0.05, 0.1) is 6.07 Å². The lowest BCUT2D eigenvalue weighted by Crippen LogP contribution is -2.33. The number of benzene rings is 1. The van der Waals surface area contributed by atoms with E-state index in [1.807, 2.05) is 12.1 Å². The highest BCUT2D eigenvalue weighted by molar-refractivity contribution is 7.98. The van der Waals surface area contributed by atoms with Gasteiger partial charge in [-0.1, -0.05) is 26.0 Å². The minimum atomic E-state index is -0.216. The van der Waals surface area contributed by atoms with Crippen LogP contribution in [0.5, 0.6) is 0 Å². The molecule has 1 unspecified atom stereocenters. The van der Waals surface area contributed by atoms with Crippen LogP contribution in [0.4, 0.5) is 0 Å². The molecule has 0 aliphatic heterocycles. The topological polar surface area (TPSA) is 39.1 Å². The van der Waals surface area contributed by atoms with Crippen molar-refractivity contribution in [2.45, 2.75) is 24.8 Å². The van der Waals surface area contributed by atoms with Gasteiger partial charge in [-0.3, -0.25) is 5.32 Å². The molecule has 0 radical (unpaired) electrons. The lowest BCUT2D eigenvalue weighted by molar-refractivity contribution is 0.300. The van der Waals surface area contributed by atoms with Crippen molar-refractivity contribution in [1.82, 2.24) is 10.2 Å². The van der Waals surface area contributed by atoms with Gasteiger partial charge >= 0.3 is 0 Å². The van der Waals surface area contributed by atoms with Crippen LogP contribution in [0, 0.1) is 11.3 Å². The highest BCUT2D eigenvalue weighted by atomic mass is 32.2. The van der Waals surface area contributed by atoms with Gasteiger partial charge in [-0.05, 0) is 37.0 Å². The van der Waals surface area contributed by atoms with Gasteiger partial charge < -0.3 is 4.90 Å². The molecule has 0 amide bonds. The van der Waals surface area contributed by atoms with Crippen molar-refractivity contribution in [2.24, 2.45) is 0 Å². The molecule has 1 atom stereocenters. The Morgan fingerprint density at radius 2 is 1.89 bits per heavy atom. The summed E-state index contributed by atoms with van der Waals surface area (Å²) in [6.07, 6.45) is 2.05. The number of likely N-dealkylation sites (N-methyl/N-ethyl adjacent to an activating group) is 1. The van der Waals surface area contributed by atoms with E-state index < -0.39 is 0 Å². The van der Waals surface area contributed by atoms with Gasteiger partial charge in [-0.15, -0.1) is 11.8 Å². The van der Waals surface area contributed by atoms with Gasteiger partial charge in [-0.2, -0.15) is 5.26 Å². The van der Waals surface area contributed by atoms with E-state index in [0.717, 1.165) is 31.7 Å². The maximum absolute atomic E-state index is 9.25. The highest BCUT2D eigenvalue weighted by Gasteiger charge is 2.09. The number of nitrogens with one attached hydrogen (secondary N) is 1. The standard InChI is InChI=1S/C15H23N3S/c1-4-18(5-2)11-10-17-15(12-16)13-6-8-14(19-3)9-7-13/h6-9,15,17H,4-5,10-11H2,1-3H3. The third-order valence-corrected chi connectivity index (χ3v) is 3.99. The quantitative estimate of drug-likeness (QED) is 0.742. The van der Waals surface area contributed by atoms with Gasteiger partial charge in [0.1, 0.15) is 6.04 Å². The van der Waals surface area contributed by atoms with Crippen molar-refractivity contribution in [1.29, 1.82) is 5.26 Å². The molecular formula is C15H23N3S. The fourth-order valence-corrected chi connectivity index (χ4v) is 2.35. The van der Waals surface area contributed by atoms with E-state index in [1.165, 1.54) is 4.90 Å². The van der Waals surface area contributed by atoms with Crippen molar-refractivity contribution in [3.63, 3.8) is 0 Å².